The highest BCUT2D eigenvalue weighted by molar-refractivity contribution is 7.92. The van der Waals surface area contributed by atoms with Crippen LogP contribution < -0.4 is 9.62 Å². The molecule has 1 fully saturated rings. The van der Waals surface area contributed by atoms with Crippen LogP contribution in [0.25, 0.3) is 0 Å². The van der Waals surface area contributed by atoms with Crippen LogP contribution in [-0.2, 0) is 32.6 Å². The molecule has 0 heterocycles. The third-order valence-corrected chi connectivity index (χ3v) is 8.38. The molecule has 3 aromatic rings. The Morgan fingerprint density at radius 3 is 2.15 bits per heavy atom. The predicted molar refractivity (Wildman–Crippen MR) is 155 cm³/mol. The molecule has 1 aliphatic rings. The third-order valence-electron chi connectivity index (χ3n) is 7.24. The quantitative estimate of drug-likeness (QED) is 0.368. The van der Waals surface area contributed by atoms with Crippen LogP contribution in [0.15, 0.2) is 78.9 Å². The van der Waals surface area contributed by atoms with E-state index in [0.29, 0.717) is 0 Å². The van der Waals surface area contributed by atoms with Gasteiger partial charge in [0.1, 0.15) is 18.4 Å². The molecular weight excluding hydrogens is 529 g/mol. The number of sulfonamides is 1. The Bertz CT molecular complexity index is 1390. The van der Waals surface area contributed by atoms with Crippen molar-refractivity contribution in [2.45, 2.75) is 57.7 Å². The summed E-state index contributed by atoms with van der Waals surface area (Å²) in [5, 5.41) is 3.14. The molecule has 0 aromatic heterocycles. The van der Waals surface area contributed by atoms with Crippen molar-refractivity contribution in [3.05, 3.63) is 101 Å². The van der Waals surface area contributed by atoms with E-state index < -0.39 is 34.3 Å². The fraction of sp³-hybridized carbons (Fsp3) is 0.355. The van der Waals surface area contributed by atoms with Gasteiger partial charge in [-0.15, -0.1) is 0 Å². The molecule has 0 spiro atoms. The fourth-order valence-corrected chi connectivity index (χ4v) is 5.88. The first kappa shape index (κ1) is 29.3. The van der Waals surface area contributed by atoms with Gasteiger partial charge in [0.15, 0.2) is 0 Å². The molecule has 9 heteroatoms. The van der Waals surface area contributed by atoms with Gasteiger partial charge in [-0.1, -0.05) is 73.0 Å². The number of carbonyl (C=O) groups excluding carboxylic acids is 2. The molecule has 7 nitrogen and oxygen atoms in total. The molecule has 1 N–H and O–H groups in total. The Morgan fingerprint density at radius 2 is 1.55 bits per heavy atom. The molecule has 40 heavy (non-hydrogen) atoms. The lowest BCUT2D eigenvalue weighted by atomic mass is 10.0. The summed E-state index contributed by atoms with van der Waals surface area (Å²) < 4.78 is 40.1. The van der Waals surface area contributed by atoms with Crippen LogP contribution in [-0.4, -0.2) is 50.0 Å². The molecule has 0 aliphatic heterocycles. The first-order chi connectivity index (χ1) is 19.1. The maximum atomic E-state index is 14.1. The molecule has 0 radical (unpaired) electrons. The Morgan fingerprint density at radius 1 is 0.925 bits per heavy atom. The highest BCUT2D eigenvalue weighted by Gasteiger charge is 2.34. The minimum atomic E-state index is -3.90. The lowest BCUT2D eigenvalue weighted by molar-refractivity contribution is -0.140. The lowest BCUT2D eigenvalue weighted by Crippen LogP contribution is -2.54. The zero-order valence-corrected chi connectivity index (χ0v) is 23.7. The fourth-order valence-electron chi connectivity index (χ4n) is 5.03. The second-order valence-corrected chi connectivity index (χ2v) is 12.4. The maximum Gasteiger partial charge on any atom is 0.244 e. The van der Waals surface area contributed by atoms with Crippen molar-refractivity contribution in [3.63, 3.8) is 0 Å². The molecule has 1 atom stereocenters. The summed E-state index contributed by atoms with van der Waals surface area (Å²) in [5.41, 5.74) is 2.93. The van der Waals surface area contributed by atoms with Crippen molar-refractivity contribution in [1.29, 1.82) is 0 Å². The maximum absolute atomic E-state index is 14.1. The van der Waals surface area contributed by atoms with E-state index in [2.05, 4.69) is 5.32 Å². The average Bonchev–Trinajstić information content (AvgIpc) is 3.44. The molecule has 4 rings (SSSR count). The van der Waals surface area contributed by atoms with Gasteiger partial charge in [0.2, 0.25) is 21.8 Å². The Balaban J connectivity index is 1.71. The Kier molecular flexibility index (Phi) is 9.58. The Labute approximate surface area is 236 Å². The molecule has 0 bridgehead atoms. The van der Waals surface area contributed by atoms with Crippen LogP contribution in [0, 0.1) is 12.7 Å². The average molecular weight is 566 g/mol. The number of anilines is 1. The first-order valence-electron chi connectivity index (χ1n) is 13.5. The van der Waals surface area contributed by atoms with Crippen LogP contribution in [0.3, 0.4) is 0 Å². The Hall–Kier alpha value is -3.72. The highest BCUT2D eigenvalue weighted by atomic mass is 32.2. The predicted octanol–water partition coefficient (Wildman–Crippen LogP) is 4.60. The smallest absolute Gasteiger partial charge is 0.244 e. The van der Waals surface area contributed by atoms with E-state index in [0.717, 1.165) is 65.1 Å². The van der Waals surface area contributed by atoms with E-state index >= 15 is 0 Å². The minimum Gasteiger partial charge on any atom is -0.352 e. The van der Waals surface area contributed by atoms with E-state index in [4.69, 9.17) is 0 Å². The monoisotopic (exact) mass is 565 g/mol. The third kappa shape index (κ3) is 7.91. The summed E-state index contributed by atoms with van der Waals surface area (Å²) in [6.45, 7) is 1.56. The number of aryl methyl sites for hydroxylation is 1. The van der Waals surface area contributed by atoms with Gasteiger partial charge in [0.05, 0.1) is 11.9 Å². The standard InChI is InChI=1S/C31H36FN3O4S/c1-23-12-14-25(15-13-23)21-34(30(36)22-35(40(2,38)39)28-18-16-26(32)17-19-28)29(20-24-8-4-3-5-9-24)31(37)33-27-10-6-7-11-27/h3-5,8-9,12-19,27,29H,6-7,10-11,20-22H2,1-2H3,(H,33,37)/t29-/m1/s1. The van der Waals surface area contributed by atoms with Gasteiger partial charge in [0.25, 0.3) is 0 Å². The van der Waals surface area contributed by atoms with Gasteiger partial charge < -0.3 is 10.2 Å². The summed E-state index contributed by atoms with van der Waals surface area (Å²) in [5.74, 6) is -1.31. The molecular formula is C31H36FN3O4S. The molecule has 3 aromatic carbocycles. The number of benzene rings is 3. The molecule has 0 saturated heterocycles. The van der Waals surface area contributed by atoms with Gasteiger partial charge in [-0.05, 0) is 55.2 Å². The van der Waals surface area contributed by atoms with Crippen molar-refractivity contribution in [1.82, 2.24) is 10.2 Å². The number of hydrogen-bond donors (Lipinski definition) is 1. The van der Waals surface area contributed by atoms with Gasteiger partial charge in [0, 0.05) is 19.0 Å². The van der Waals surface area contributed by atoms with Crippen molar-refractivity contribution in [2.24, 2.45) is 0 Å². The number of nitrogens with one attached hydrogen (secondary N) is 1. The molecule has 1 saturated carbocycles. The number of halogens is 1. The lowest BCUT2D eigenvalue weighted by Gasteiger charge is -2.34. The second kappa shape index (κ2) is 13.1. The summed E-state index contributed by atoms with van der Waals surface area (Å²) in [6.07, 6.45) is 5.14. The molecule has 1 aliphatic carbocycles. The number of rotatable bonds is 11. The number of amides is 2. The number of carbonyl (C=O) groups is 2. The van der Waals surface area contributed by atoms with Gasteiger partial charge in [-0.2, -0.15) is 0 Å². The molecule has 2 amide bonds. The summed E-state index contributed by atoms with van der Waals surface area (Å²) in [6, 6.07) is 21.3. The summed E-state index contributed by atoms with van der Waals surface area (Å²) in [4.78, 5) is 29.3. The highest BCUT2D eigenvalue weighted by Crippen LogP contribution is 2.22. The van der Waals surface area contributed by atoms with E-state index in [-0.39, 0.29) is 30.6 Å². The van der Waals surface area contributed by atoms with Gasteiger partial charge in [-0.25, -0.2) is 12.8 Å². The normalized spacial score (nSPS) is 14.5. The van der Waals surface area contributed by atoms with Crippen molar-refractivity contribution < 1.29 is 22.4 Å². The van der Waals surface area contributed by atoms with Crippen molar-refractivity contribution in [3.8, 4) is 0 Å². The summed E-state index contributed by atoms with van der Waals surface area (Å²) in [7, 11) is -3.90. The first-order valence-corrected chi connectivity index (χ1v) is 15.4. The van der Waals surface area contributed by atoms with Crippen molar-refractivity contribution >= 4 is 27.5 Å². The molecule has 212 valence electrons. The zero-order chi connectivity index (χ0) is 28.7. The van der Waals surface area contributed by atoms with Crippen molar-refractivity contribution in [2.75, 3.05) is 17.1 Å². The summed E-state index contributed by atoms with van der Waals surface area (Å²) >= 11 is 0. The number of nitrogens with zero attached hydrogens (tertiary/aromatic N) is 2. The zero-order valence-electron chi connectivity index (χ0n) is 22.9. The van der Waals surface area contributed by atoms with Gasteiger partial charge >= 0.3 is 0 Å². The van der Waals surface area contributed by atoms with Crippen LogP contribution in [0.5, 0.6) is 0 Å². The van der Waals surface area contributed by atoms with E-state index in [9.17, 15) is 22.4 Å². The molecule has 0 unspecified atom stereocenters. The van der Waals surface area contributed by atoms with E-state index in [1.165, 1.54) is 17.0 Å². The van der Waals surface area contributed by atoms with E-state index in [1.54, 1.807) is 0 Å². The number of hydrogen-bond acceptors (Lipinski definition) is 4. The van der Waals surface area contributed by atoms with Gasteiger partial charge in [-0.3, -0.25) is 13.9 Å². The second-order valence-electron chi connectivity index (χ2n) is 10.4. The van der Waals surface area contributed by atoms with Crippen LogP contribution >= 0.6 is 0 Å². The van der Waals surface area contributed by atoms with E-state index in [1.807, 2.05) is 61.5 Å². The SMILES string of the molecule is Cc1ccc(CN(C(=O)CN(c2ccc(F)cc2)S(C)(=O)=O)[C@H](Cc2ccccc2)C(=O)NC2CCCC2)cc1. The van der Waals surface area contributed by atoms with Crippen LogP contribution in [0.1, 0.15) is 42.4 Å². The van der Waals surface area contributed by atoms with Crippen LogP contribution in [0.2, 0.25) is 0 Å². The van der Waals surface area contributed by atoms with Crippen LogP contribution in [0.4, 0.5) is 10.1 Å². The largest absolute Gasteiger partial charge is 0.352 e. The minimum absolute atomic E-state index is 0.0498. The topological polar surface area (TPSA) is 86.8 Å².